The third kappa shape index (κ3) is 6.46. The lowest BCUT2D eigenvalue weighted by atomic mass is 10.0. The van der Waals surface area contributed by atoms with Crippen molar-refractivity contribution in [1.29, 1.82) is 0 Å². The molecule has 0 unspecified atom stereocenters. The van der Waals surface area contributed by atoms with Crippen LogP contribution < -0.4 is 19.2 Å². The van der Waals surface area contributed by atoms with E-state index in [4.69, 9.17) is 0 Å². The summed E-state index contributed by atoms with van der Waals surface area (Å²) in [4.78, 5) is 31.6. The summed E-state index contributed by atoms with van der Waals surface area (Å²) in [6.07, 6.45) is -0.368. The third-order valence-corrected chi connectivity index (χ3v) is 7.94. The summed E-state index contributed by atoms with van der Waals surface area (Å²) in [5.41, 5.74) is 2.41. The number of rotatable bonds is 8. The highest BCUT2D eigenvalue weighted by atomic mass is 32.2. The standard InChI is InChI=1S/C25H22F3N5O4S2/c1-32(18-7-8-23-20(13-18)29-14-38-23)24(34)21(11-15-9-16(26)12-17(27)10-15)30-25(35)31-39(36,37)33(2)22-6-4-3-5-19(22)28/h3-10,12-14,21H,11H2,1-2H3,(H2,30,31,35)/t21-/m0/s1. The highest BCUT2D eigenvalue weighted by Gasteiger charge is 2.29. The summed E-state index contributed by atoms with van der Waals surface area (Å²) in [5.74, 6) is -3.33. The summed E-state index contributed by atoms with van der Waals surface area (Å²) in [6, 6.07) is 9.98. The van der Waals surface area contributed by atoms with Gasteiger partial charge in [0, 0.05) is 32.3 Å². The molecule has 39 heavy (non-hydrogen) atoms. The number of carbonyl (C=O) groups excluding carboxylic acids is 2. The largest absolute Gasteiger partial charge is 0.330 e. The van der Waals surface area contributed by atoms with E-state index < -0.39 is 45.6 Å². The molecule has 0 fully saturated rings. The van der Waals surface area contributed by atoms with Crippen molar-refractivity contribution >= 4 is 55.1 Å². The van der Waals surface area contributed by atoms with Gasteiger partial charge in [-0.3, -0.25) is 9.10 Å². The van der Waals surface area contributed by atoms with Gasteiger partial charge in [0.15, 0.2) is 0 Å². The first-order chi connectivity index (χ1) is 18.4. The van der Waals surface area contributed by atoms with E-state index in [1.807, 2.05) is 0 Å². The second-order valence-electron chi connectivity index (χ2n) is 8.44. The van der Waals surface area contributed by atoms with Crippen LogP contribution in [-0.4, -0.2) is 45.5 Å². The van der Waals surface area contributed by atoms with E-state index in [1.54, 1.807) is 28.4 Å². The minimum atomic E-state index is -4.60. The molecular formula is C25H22F3N5O4S2. The summed E-state index contributed by atoms with van der Waals surface area (Å²) >= 11 is 1.41. The number of anilines is 2. The number of urea groups is 1. The van der Waals surface area contributed by atoms with Gasteiger partial charge in [-0.25, -0.2) is 27.7 Å². The molecule has 0 radical (unpaired) electrons. The second-order valence-corrected chi connectivity index (χ2v) is 11.0. The topological polar surface area (TPSA) is 112 Å². The molecule has 0 spiro atoms. The predicted molar refractivity (Wildman–Crippen MR) is 142 cm³/mol. The summed E-state index contributed by atoms with van der Waals surface area (Å²) in [7, 11) is -2.14. The van der Waals surface area contributed by atoms with Gasteiger partial charge < -0.3 is 10.2 Å². The zero-order valence-electron chi connectivity index (χ0n) is 20.6. The van der Waals surface area contributed by atoms with Gasteiger partial charge in [-0.05, 0) is 48.0 Å². The zero-order chi connectivity index (χ0) is 28.3. The van der Waals surface area contributed by atoms with Crippen molar-refractivity contribution in [3.05, 3.63) is 89.2 Å². The van der Waals surface area contributed by atoms with E-state index in [2.05, 4.69) is 10.3 Å². The van der Waals surface area contributed by atoms with Gasteiger partial charge >= 0.3 is 16.2 Å². The SMILES string of the molecule is CN(C(=O)[C@H](Cc1cc(F)cc(F)c1)NC(=O)NS(=O)(=O)N(C)c1ccccc1F)c1ccc2scnc2c1. The Bertz CT molecular complexity index is 1630. The fraction of sp³-hybridized carbons (Fsp3) is 0.160. The van der Waals surface area contributed by atoms with Crippen molar-refractivity contribution in [2.75, 3.05) is 23.3 Å². The molecular weight excluding hydrogens is 555 g/mol. The Kier molecular flexibility index (Phi) is 8.06. The molecule has 1 atom stereocenters. The van der Waals surface area contributed by atoms with Crippen molar-refractivity contribution in [3.8, 4) is 0 Å². The van der Waals surface area contributed by atoms with Crippen LogP contribution in [0, 0.1) is 17.5 Å². The van der Waals surface area contributed by atoms with Crippen LogP contribution in [0.15, 0.2) is 66.2 Å². The van der Waals surface area contributed by atoms with Crippen molar-refractivity contribution < 1.29 is 31.2 Å². The molecule has 4 aromatic rings. The van der Waals surface area contributed by atoms with Crippen LogP contribution in [0.25, 0.3) is 10.2 Å². The van der Waals surface area contributed by atoms with Crippen LogP contribution >= 0.6 is 11.3 Å². The van der Waals surface area contributed by atoms with E-state index in [0.29, 0.717) is 21.6 Å². The maximum absolute atomic E-state index is 14.1. The molecule has 2 N–H and O–H groups in total. The highest BCUT2D eigenvalue weighted by Crippen LogP contribution is 2.24. The van der Waals surface area contributed by atoms with Gasteiger partial charge in [0.05, 0.1) is 21.4 Å². The molecule has 0 aliphatic carbocycles. The van der Waals surface area contributed by atoms with Crippen molar-refractivity contribution in [2.24, 2.45) is 0 Å². The molecule has 204 valence electrons. The average Bonchev–Trinajstić information content (AvgIpc) is 3.34. The molecule has 9 nitrogen and oxygen atoms in total. The average molecular weight is 578 g/mol. The first-order valence-electron chi connectivity index (χ1n) is 11.3. The van der Waals surface area contributed by atoms with E-state index in [1.165, 1.54) is 41.5 Å². The number of para-hydroxylation sites is 1. The second kappa shape index (κ2) is 11.3. The summed E-state index contributed by atoms with van der Waals surface area (Å²) < 4.78 is 70.4. The normalized spacial score (nSPS) is 12.1. The molecule has 0 saturated carbocycles. The molecule has 14 heteroatoms. The Hall–Kier alpha value is -4.17. The molecule has 3 aromatic carbocycles. The smallest absolute Gasteiger partial charge is 0.325 e. The van der Waals surface area contributed by atoms with Gasteiger partial charge in [-0.2, -0.15) is 8.42 Å². The number of halogens is 3. The Labute approximate surface area is 226 Å². The number of amides is 3. The number of likely N-dealkylation sites (N-methyl/N-ethyl adjacent to an activating group) is 1. The van der Waals surface area contributed by atoms with Gasteiger partial charge in [-0.1, -0.05) is 12.1 Å². The minimum absolute atomic E-state index is 0.0424. The number of nitrogens with zero attached hydrogens (tertiary/aromatic N) is 3. The monoisotopic (exact) mass is 577 g/mol. The van der Waals surface area contributed by atoms with Gasteiger partial charge in [-0.15, -0.1) is 11.3 Å². The number of hydrogen-bond donors (Lipinski definition) is 2. The third-order valence-electron chi connectivity index (χ3n) is 5.77. The van der Waals surface area contributed by atoms with Crippen molar-refractivity contribution in [3.63, 3.8) is 0 Å². The van der Waals surface area contributed by atoms with E-state index in [0.717, 1.165) is 29.9 Å². The number of nitrogens with one attached hydrogen (secondary N) is 2. The molecule has 4 rings (SSSR count). The van der Waals surface area contributed by atoms with Crippen LogP contribution in [-0.2, 0) is 21.4 Å². The molecule has 0 bridgehead atoms. The summed E-state index contributed by atoms with van der Waals surface area (Å²) in [6.45, 7) is 0. The van der Waals surface area contributed by atoms with Gasteiger partial charge in [0.2, 0.25) is 5.91 Å². The lowest BCUT2D eigenvalue weighted by Gasteiger charge is -2.26. The zero-order valence-corrected chi connectivity index (χ0v) is 22.2. The number of aromatic nitrogens is 1. The van der Waals surface area contributed by atoms with Crippen LogP contribution in [0.3, 0.4) is 0 Å². The summed E-state index contributed by atoms with van der Waals surface area (Å²) in [5, 5.41) is 2.26. The maximum Gasteiger partial charge on any atom is 0.330 e. The highest BCUT2D eigenvalue weighted by molar-refractivity contribution is 7.91. The Morgan fingerprint density at radius 1 is 1.00 bits per heavy atom. The van der Waals surface area contributed by atoms with E-state index in [9.17, 15) is 31.2 Å². The van der Waals surface area contributed by atoms with Crippen LogP contribution in [0.5, 0.6) is 0 Å². The quantitative estimate of drug-likeness (QED) is 0.329. The number of thiazole rings is 1. The first-order valence-corrected chi connectivity index (χ1v) is 13.6. The van der Waals surface area contributed by atoms with Crippen LogP contribution in [0.4, 0.5) is 29.3 Å². The van der Waals surface area contributed by atoms with Gasteiger partial charge in [0.25, 0.3) is 0 Å². The number of hydrogen-bond acceptors (Lipinski definition) is 6. The Morgan fingerprint density at radius 2 is 1.69 bits per heavy atom. The Balaban J connectivity index is 1.58. The fourth-order valence-corrected chi connectivity index (χ4v) is 5.29. The number of benzene rings is 3. The minimum Gasteiger partial charge on any atom is -0.325 e. The molecule has 3 amide bonds. The van der Waals surface area contributed by atoms with Crippen molar-refractivity contribution in [2.45, 2.75) is 12.5 Å². The van der Waals surface area contributed by atoms with E-state index >= 15 is 0 Å². The molecule has 1 heterocycles. The van der Waals surface area contributed by atoms with E-state index in [-0.39, 0.29) is 17.7 Å². The first kappa shape index (κ1) is 27.9. The number of carbonyl (C=O) groups is 2. The predicted octanol–water partition coefficient (Wildman–Crippen LogP) is 3.97. The number of fused-ring (bicyclic) bond motifs is 1. The molecule has 0 aliphatic rings. The molecule has 1 aromatic heterocycles. The molecule has 0 aliphatic heterocycles. The lowest BCUT2D eigenvalue weighted by molar-refractivity contribution is -0.120. The Morgan fingerprint density at radius 3 is 2.38 bits per heavy atom. The molecule has 0 saturated heterocycles. The fourth-order valence-electron chi connectivity index (χ4n) is 3.79. The van der Waals surface area contributed by atoms with Gasteiger partial charge in [0.1, 0.15) is 23.5 Å². The van der Waals surface area contributed by atoms with Crippen LogP contribution in [0.1, 0.15) is 5.56 Å². The van der Waals surface area contributed by atoms with Crippen molar-refractivity contribution in [1.82, 2.24) is 15.0 Å². The van der Waals surface area contributed by atoms with Crippen LogP contribution in [0.2, 0.25) is 0 Å². The maximum atomic E-state index is 14.1. The lowest BCUT2D eigenvalue weighted by Crippen LogP contribution is -2.54.